The van der Waals surface area contributed by atoms with E-state index in [-0.39, 0.29) is 17.8 Å². The highest BCUT2D eigenvalue weighted by molar-refractivity contribution is 6.06. The van der Waals surface area contributed by atoms with Crippen LogP contribution in [0.4, 0.5) is 5.69 Å². The third-order valence-corrected chi connectivity index (χ3v) is 4.11. The van der Waals surface area contributed by atoms with Crippen molar-refractivity contribution >= 4 is 17.4 Å². The Bertz CT molecular complexity index is 766. The average Bonchev–Trinajstić information content (AvgIpc) is 3.14. The first-order valence-corrected chi connectivity index (χ1v) is 8.39. The van der Waals surface area contributed by atoms with Gasteiger partial charge in [0.05, 0.1) is 11.7 Å². The quantitative estimate of drug-likeness (QED) is 0.815. The monoisotopic (exact) mass is 339 g/mol. The summed E-state index contributed by atoms with van der Waals surface area (Å²) < 4.78 is 11.4. The molecule has 0 unspecified atom stereocenters. The number of rotatable bonds is 6. The minimum absolute atomic E-state index is 0.0450. The molecule has 1 heterocycles. The van der Waals surface area contributed by atoms with Gasteiger partial charge >= 0.3 is 0 Å². The van der Waals surface area contributed by atoms with E-state index in [1.54, 1.807) is 42.5 Å². The molecule has 25 heavy (non-hydrogen) atoms. The molecule has 0 aliphatic carbocycles. The third-order valence-electron chi connectivity index (χ3n) is 4.11. The Morgan fingerprint density at radius 2 is 2.04 bits per heavy atom. The predicted molar refractivity (Wildman–Crippen MR) is 95.3 cm³/mol. The largest absolute Gasteiger partial charge is 0.490 e. The van der Waals surface area contributed by atoms with E-state index in [1.165, 1.54) is 6.92 Å². The number of nitrogens with one attached hydrogen (secondary N) is 1. The van der Waals surface area contributed by atoms with Gasteiger partial charge in [0, 0.05) is 17.9 Å². The molecule has 1 fully saturated rings. The van der Waals surface area contributed by atoms with Crippen LogP contribution < -0.4 is 10.1 Å². The van der Waals surface area contributed by atoms with Gasteiger partial charge in [0.15, 0.2) is 5.78 Å². The summed E-state index contributed by atoms with van der Waals surface area (Å²) in [5.74, 6) is 0.207. The maximum Gasteiger partial charge on any atom is 0.259 e. The maximum atomic E-state index is 12.6. The summed E-state index contributed by atoms with van der Waals surface area (Å²) in [6, 6.07) is 14.0. The molecule has 0 aromatic heterocycles. The highest BCUT2D eigenvalue weighted by Gasteiger charge is 2.18. The second kappa shape index (κ2) is 7.94. The standard InChI is InChI=1S/C20H21NO4/c1-14(22)15-6-4-7-16(12-15)21-20(23)18-9-2-3-10-19(18)25-13-17-8-5-11-24-17/h2-4,6-7,9-10,12,17H,5,8,11,13H2,1H3,(H,21,23)/t17-/m1/s1. The molecule has 0 bridgehead atoms. The fraction of sp³-hybridized carbons (Fsp3) is 0.300. The van der Waals surface area contributed by atoms with E-state index < -0.39 is 0 Å². The molecular weight excluding hydrogens is 318 g/mol. The summed E-state index contributed by atoms with van der Waals surface area (Å²) in [6.07, 6.45) is 2.11. The van der Waals surface area contributed by atoms with Crippen molar-refractivity contribution in [1.29, 1.82) is 0 Å². The first kappa shape index (κ1) is 17.2. The van der Waals surface area contributed by atoms with Gasteiger partial charge in [-0.1, -0.05) is 24.3 Å². The van der Waals surface area contributed by atoms with Crippen LogP contribution in [0, 0.1) is 0 Å². The molecule has 0 spiro atoms. The number of hydrogen-bond donors (Lipinski definition) is 1. The molecular formula is C20H21NO4. The zero-order chi connectivity index (χ0) is 17.6. The Morgan fingerprint density at radius 3 is 2.80 bits per heavy atom. The van der Waals surface area contributed by atoms with Crippen LogP contribution in [0.1, 0.15) is 40.5 Å². The Kier molecular flexibility index (Phi) is 5.46. The molecule has 130 valence electrons. The smallest absolute Gasteiger partial charge is 0.259 e. The number of carbonyl (C=O) groups excluding carboxylic acids is 2. The molecule has 5 nitrogen and oxygen atoms in total. The van der Waals surface area contributed by atoms with E-state index in [9.17, 15) is 9.59 Å². The molecule has 1 amide bonds. The zero-order valence-electron chi connectivity index (χ0n) is 14.2. The number of anilines is 1. The lowest BCUT2D eigenvalue weighted by Gasteiger charge is -2.14. The van der Waals surface area contributed by atoms with Gasteiger partial charge in [0.2, 0.25) is 0 Å². The number of ether oxygens (including phenoxy) is 2. The number of ketones is 1. The van der Waals surface area contributed by atoms with Crippen molar-refractivity contribution in [2.75, 3.05) is 18.5 Å². The number of para-hydroxylation sites is 1. The van der Waals surface area contributed by atoms with Crippen LogP contribution in [-0.2, 0) is 4.74 Å². The normalized spacial score (nSPS) is 16.4. The van der Waals surface area contributed by atoms with Gasteiger partial charge in [-0.25, -0.2) is 0 Å². The summed E-state index contributed by atoms with van der Waals surface area (Å²) in [4.78, 5) is 24.1. The van der Waals surface area contributed by atoms with E-state index in [4.69, 9.17) is 9.47 Å². The van der Waals surface area contributed by atoms with Gasteiger partial charge in [-0.2, -0.15) is 0 Å². The predicted octanol–water partition coefficient (Wildman–Crippen LogP) is 3.70. The summed E-state index contributed by atoms with van der Waals surface area (Å²) >= 11 is 0. The minimum atomic E-state index is -0.274. The summed E-state index contributed by atoms with van der Waals surface area (Å²) in [7, 11) is 0. The molecule has 0 radical (unpaired) electrons. The molecule has 1 aliphatic rings. The van der Waals surface area contributed by atoms with E-state index in [0.717, 1.165) is 19.4 Å². The lowest BCUT2D eigenvalue weighted by molar-refractivity contribution is 0.0673. The SMILES string of the molecule is CC(=O)c1cccc(NC(=O)c2ccccc2OC[C@H]2CCCO2)c1. The Morgan fingerprint density at radius 1 is 1.20 bits per heavy atom. The fourth-order valence-electron chi connectivity index (χ4n) is 2.75. The third kappa shape index (κ3) is 4.45. The first-order chi connectivity index (χ1) is 12.1. The van der Waals surface area contributed by atoms with Gasteiger partial charge < -0.3 is 14.8 Å². The molecule has 2 aromatic carbocycles. The van der Waals surface area contributed by atoms with Crippen molar-refractivity contribution < 1.29 is 19.1 Å². The zero-order valence-corrected chi connectivity index (χ0v) is 14.2. The summed E-state index contributed by atoms with van der Waals surface area (Å²) in [5.41, 5.74) is 1.58. The molecule has 2 aromatic rings. The maximum absolute atomic E-state index is 12.6. The van der Waals surface area contributed by atoms with Crippen molar-refractivity contribution in [2.45, 2.75) is 25.9 Å². The average molecular weight is 339 g/mol. The van der Waals surface area contributed by atoms with E-state index in [2.05, 4.69) is 5.32 Å². The minimum Gasteiger partial charge on any atom is -0.490 e. The lowest BCUT2D eigenvalue weighted by Crippen LogP contribution is -2.19. The Balaban J connectivity index is 1.71. The van der Waals surface area contributed by atoms with Crippen molar-refractivity contribution in [3.63, 3.8) is 0 Å². The van der Waals surface area contributed by atoms with Gasteiger partial charge in [-0.15, -0.1) is 0 Å². The second-order valence-electron chi connectivity index (χ2n) is 6.03. The highest BCUT2D eigenvalue weighted by Crippen LogP contribution is 2.22. The molecule has 0 saturated carbocycles. The van der Waals surface area contributed by atoms with Crippen LogP contribution in [0.25, 0.3) is 0 Å². The number of Topliss-reactive ketones (excluding diaryl/α,β-unsaturated/α-hetero) is 1. The van der Waals surface area contributed by atoms with Crippen LogP contribution in [0.3, 0.4) is 0 Å². The molecule has 1 atom stereocenters. The number of benzene rings is 2. The van der Waals surface area contributed by atoms with Crippen LogP contribution in [0.2, 0.25) is 0 Å². The van der Waals surface area contributed by atoms with E-state index in [0.29, 0.717) is 29.2 Å². The molecule has 1 aliphatic heterocycles. The van der Waals surface area contributed by atoms with Crippen molar-refractivity contribution in [3.05, 3.63) is 59.7 Å². The molecule has 1 N–H and O–H groups in total. The van der Waals surface area contributed by atoms with Crippen LogP contribution in [0.15, 0.2) is 48.5 Å². The summed E-state index contributed by atoms with van der Waals surface area (Å²) in [6.45, 7) is 2.70. The topological polar surface area (TPSA) is 64.6 Å². The highest BCUT2D eigenvalue weighted by atomic mass is 16.5. The Labute approximate surface area is 147 Å². The fourth-order valence-corrected chi connectivity index (χ4v) is 2.75. The van der Waals surface area contributed by atoms with Crippen molar-refractivity contribution in [2.24, 2.45) is 0 Å². The van der Waals surface area contributed by atoms with E-state index in [1.807, 2.05) is 6.07 Å². The number of amides is 1. The van der Waals surface area contributed by atoms with Crippen LogP contribution in [-0.4, -0.2) is 31.0 Å². The van der Waals surface area contributed by atoms with Crippen molar-refractivity contribution in [1.82, 2.24) is 0 Å². The Hall–Kier alpha value is -2.66. The second-order valence-corrected chi connectivity index (χ2v) is 6.03. The van der Waals surface area contributed by atoms with Gasteiger partial charge in [0.25, 0.3) is 5.91 Å². The van der Waals surface area contributed by atoms with Crippen LogP contribution >= 0.6 is 0 Å². The molecule has 5 heteroatoms. The lowest BCUT2D eigenvalue weighted by atomic mass is 10.1. The number of hydrogen-bond acceptors (Lipinski definition) is 4. The van der Waals surface area contributed by atoms with Crippen LogP contribution in [0.5, 0.6) is 5.75 Å². The van der Waals surface area contributed by atoms with Gasteiger partial charge in [-0.3, -0.25) is 9.59 Å². The van der Waals surface area contributed by atoms with Crippen molar-refractivity contribution in [3.8, 4) is 5.75 Å². The van der Waals surface area contributed by atoms with Gasteiger partial charge in [0.1, 0.15) is 12.4 Å². The molecule has 1 saturated heterocycles. The van der Waals surface area contributed by atoms with E-state index >= 15 is 0 Å². The van der Waals surface area contributed by atoms with Gasteiger partial charge in [-0.05, 0) is 44.0 Å². The summed E-state index contributed by atoms with van der Waals surface area (Å²) in [5, 5.41) is 2.82. The number of carbonyl (C=O) groups is 2. The molecule has 3 rings (SSSR count). The first-order valence-electron chi connectivity index (χ1n) is 8.39.